The van der Waals surface area contributed by atoms with Gasteiger partial charge in [-0.05, 0) is 12.1 Å². The second kappa shape index (κ2) is 4.87. The summed E-state index contributed by atoms with van der Waals surface area (Å²) in [6.07, 6.45) is -9.83. The standard InChI is InChI=1S/C13H13F6N3/c1-11(2,5-20)10-21-8-4-6(12(14,15)16)3-7(9(8)22-10)13(17,18)19/h3-4H,5,20H2,1-2H3,(H,21,22). The summed E-state index contributed by atoms with van der Waals surface area (Å²) in [6.45, 7) is 3.32. The summed E-state index contributed by atoms with van der Waals surface area (Å²) in [5.74, 6) is 0.106. The molecule has 122 valence electrons. The highest BCUT2D eigenvalue weighted by Gasteiger charge is 2.39. The molecule has 0 aliphatic rings. The van der Waals surface area contributed by atoms with Crippen molar-refractivity contribution in [1.29, 1.82) is 0 Å². The Balaban J connectivity index is 2.79. The number of nitrogens with zero attached hydrogens (tertiary/aromatic N) is 1. The molecule has 0 aliphatic heterocycles. The molecule has 0 bridgehead atoms. The zero-order chi connectivity index (χ0) is 16.9. The summed E-state index contributed by atoms with van der Waals surface area (Å²) in [5, 5.41) is 0. The number of rotatable bonds is 2. The molecule has 0 unspecified atom stereocenters. The van der Waals surface area contributed by atoms with Crippen molar-refractivity contribution < 1.29 is 26.3 Å². The van der Waals surface area contributed by atoms with Gasteiger partial charge in [0.05, 0.1) is 22.2 Å². The second-order valence-corrected chi connectivity index (χ2v) is 5.59. The van der Waals surface area contributed by atoms with Gasteiger partial charge in [-0.1, -0.05) is 13.8 Å². The van der Waals surface area contributed by atoms with Crippen LogP contribution in [0.4, 0.5) is 26.3 Å². The van der Waals surface area contributed by atoms with Crippen LogP contribution in [0.15, 0.2) is 12.1 Å². The lowest BCUT2D eigenvalue weighted by molar-refractivity contribution is -0.142. The number of hydrogen-bond acceptors (Lipinski definition) is 2. The molecule has 0 fully saturated rings. The van der Waals surface area contributed by atoms with E-state index >= 15 is 0 Å². The van der Waals surface area contributed by atoms with E-state index in [1.807, 2.05) is 0 Å². The maximum atomic E-state index is 13.0. The molecule has 1 heterocycles. The average Bonchev–Trinajstić information content (AvgIpc) is 2.79. The highest BCUT2D eigenvalue weighted by molar-refractivity contribution is 5.81. The summed E-state index contributed by atoms with van der Waals surface area (Å²) in [6, 6.07) is 0.677. The first kappa shape index (κ1) is 16.6. The van der Waals surface area contributed by atoms with Crippen LogP contribution in [-0.4, -0.2) is 16.5 Å². The minimum Gasteiger partial charge on any atom is -0.341 e. The number of fused-ring (bicyclic) bond motifs is 1. The van der Waals surface area contributed by atoms with E-state index in [2.05, 4.69) is 9.97 Å². The number of hydrogen-bond donors (Lipinski definition) is 2. The molecule has 0 radical (unpaired) electrons. The van der Waals surface area contributed by atoms with Crippen LogP contribution in [0.5, 0.6) is 0 Å². The van der Waals surface area contributed by atoms with Gasteiger partial charge >= 0.3 is 12.4 Å². The van der Waals surface area contributed by atoms with Gasteiger partial charge in [-0.25, -0.2) is 4.98 Å². The van der Waals surface area contributed by atoms with Crippen LogP contribution in [0, 0.1) is 0 Å². The van der Waals surface area contributed by atoms with Crippen molar-refractivity contribution >= 4 is 11.0 Å². The van der Waals surface area contributed by atoms with Crippen molar-refractivity contribution in [2.24, 2.45) is 5.73 Å². The number of halogens is 6. The summed E-state index contributed by atoms with van der Waals surface area (Å²) in [4.78, 5) is 6.33. The summed E-state index contributed by atoms with van der Waals surface area (Å²) < 4.78 is 77.4. The lowest BCUT2D eigenvalue weighted by Gasteiger charge is -2.18. The Morgan fingerprint density at radius 3 is 2.09 bits per heavy atom. The SMILES string of the molecule is CC(C)(CN)c1nc2cc(C(F)(F)F)cc(C(F)(F)F)c2[nH]1. The van der Waals surface area contributed by atoms with Crippen LogP contribution in [0.25, 0.3) is 11.0 Å². The number of aromatic nitrogens is 2. The van der Waals surface area contributed by atoms with Crippen LogP contribution in [0.1, 0.15) is 30.8 Å². The molecule has 3 nitrogen and oxygen atoms in total. The van der Waals surface area contributed by atoms with Gasteiger partial charge in [0.25, 0.3) is 0 Å². The van der Waals surface area contributed by atoms with Crippen molar-refractivity contribution in [3.8, 4) is 0 Å². The second-order valence-electron chi connectivity index (χ2n) is 5.59. The number of aromatic amines is 1. The number of nitrogens with one attached hydrogen (secondary N) is 1. The molecule has 0 aliphatic carbocycles. The lowest BCUT2D eigenvalue weighted by Crippen LogP contribution is -2.29. The molecule has 2 aromatic rings. The summed E-state index contributed by atoms with van der Waals surface area (Å²) >= 11 is 0. The third-order valence-corrected chi connectivity index (χ3v) is 3.38. The first-order valence-electron chi connectivity index (χ1n) is 6.25. The predicted molar refractivity (Wildman–Crippen MR) is 68.2 cm³/mol. The molecule has 9 heteroatoms. The lowest BCUT2D eigenvalue weighted by atomic mass is 9.93. The third kappa shape index (κ3) is 2.90. The van der Waals surface area contributed by atoms with E-state index in [1.54, 1.807) is 13.8 Å². The first-order chi connectivity index (χ1) is 9.86. The van der Waals surface area contributed by atoms with E-state index in [0.717, 1.165) is 0 Å². The van der Waals surface area contributed by atoms with Crippen LogP contribution in [0.3, 0.4) is 0 Å². The number of imidazole rings is 1. The fourth-order valence-electron chi connectivity index (χ4n) is 1.92. The van der Waals surface area contributed by atoms with Crippen LogP contribution < -0.4 is 5.73 Å². The first-order valence-corrected chi connectivity index (χ1v) is 6.25. The molecular formula is C13H13F6N3. The fourth-order valence-corrected chi connectivity index (χ4v) is 1.92. The molecule has 0 amide bonds. The van der Waals surface area contributed by atoms with Gasteiger partial charge < -0.3 is 10.7 Å². The van der Waals surface area contributed by atoms with Gasteiger partial charge in [0.15, 0.2) is 0 Å². The van der Waals surface area contributed by atoms with Crippen LogP contribution in [-0.2, 0) is 17.8 Å². The van der Waals surface area contributed by atoms with Crippen molar-refractivity contribution in [3.63, 3.8) is 0 Å². The number of H-pyrrole nitrogens is 1. The van der Waals surface area contributed by atoms with E-state index in [4.69, 9.17) is 5.73 Å². The fraction of sp³-hybridized carbons (Fsp3) is 0.462. The highest BCUT2D eigenvalue weighted by Crippen LogP contribution is 2.39. The zero-order valence-electron chi connectivity index (χ0n) is 11.7. The Kier molecular flexibility index (Phi) is 3.67. The Morgan fingerprint density at radius 1 is 1.05 bits per heavy atom. The van der Waals surface area contributed by atoms with Gasteiger partial charge in [-0.15, -0.1) is 0 Å². The molecule has 22 heavy (non-hydrogen) atoms. The molecule has 3 N–H and O–H groups in total. The maximum absolute atomic E-state index is 13.0. The van der Waals surface area contributed by atoms with Gasteiger partial charge in [0.2, 0.25) is 0 Å². The Hall–Kier alpha value is -1.77. The number of alkyl halides is 6. The van der Waals surface area contributed by atoms with Gasteiger partial charge in [0.1, 0.15) is 5.82 Å². The quantitative estimate of drug-likeness (QED) is 0.824. The topological polar surface area (TPSA) is 54.7 Å². The predicted octanol–water partition coefficient (Wildman–Crippen LogP) is 3.84. The van der Waals surface area contributed by atoms with Crippen molar-refractivity contribution in [3.05, 3.63) is 29.1 Å². The highest BCUT2D eigenvalue weighted by atomic mass is 19.4. The smallest absolute Gasteiger partial charge is 0.341 e. The van der Waals surface area contributed by atoms with Gasteiger partial charge in [0, 0.05) is 12.0 Å². The van der Waals surface area contributed by atoms with E-state index in [1.165, 1.54) is 0 Å². The zero-order valence-corrected chi connectivity index (χ0v) is 11.7. The van der Waals surface area contributed by atoms with E-state index < -0.39 is 39.9 Å². The van der Waals surface area contributed by atoms with Crippen molar-refractivity contribution in [1.82, 2.24) is 9.97 Å². The Morgan fingerprint density at radius 2 is 1.64 bits per heavy atom. The molecule has 0 saturated heterocycles. The molecular weight excluding hydrogens is 312 g/mol. The summed E-state index contributed by atoms with van der Waals surface area (Å²) in [5.41, 5.74) is 1.07. The molecule has 0 saturated carbocycles. The van der Waals surface area contributed by atoms with E-state index in [0.29, 0.717) is 6.07 Å². The maximum Gasteiger partial charge on any atom is 0.418 e. The van der Waals surface area contributed by atoms with E-state index in [-0.39, 0.29) is 18.4 Å². The monoisotopic (exact) mass is 325 g/mol. The number of nitrogens with two attached hydrogens (primary N) is 1. The minimum absolute atomic E-state index is 0.0697. The Bertz CT molecular complexity index is 696. The van der Waals surface area contributed by atoms with Crippen molar-refractivity contribution in [2.45, 2.75) is 31.6 Å². The Labute approximate surface area is 121 Å². The average molecular weight is 325 g/mol. The van der Waals surface area contributed by atoms with Gasteiger partial charge in [-0.3, -0.25) is 0 Å². The largest absolute Gasteiger partial charge is 0.418 e. The third-order valence-electron chi connectivity index (χ3n) is 3.38. The molecule has 2 rings (SSSR count). The van der Waals surface area contributed by atoms with Gasteiger partial charge in [-0.2, -0.15) is 26.3 Å². The minimum atomic E-state index is -4.93. The summed E-state index contributed by atoms with van der Waals surface area (Å²) in [7, 11) is 0. The molecule has 1 aromatic heterocycles. The van der Waals surface area contributed by atoms with Crippen LogP contribution >= 0.6 is 0 Å². The molecule has 1 aromatic carbocycles. The van der Waals surface area contributed by atoms with Crippen molar-refractivity contribution in [2.75, 3.05) is 6.54 Å². The molecule has 0 spiro atoms. The van der Waals surface area contributed by atoms with E-state index in [9.17, 15) is 26.3 Å². The molecule has 0 atom stereocenters. The normalized spacial score (nSPS) is 13.9. The number of benzene rings is 1. The van der Waals surface area contributed by atoms with Crippen LogP contribution in [0.2, 0.25) is 0 Å².